The standard InChI is InChI=1S/C10H8BrN3O2/c11-7-1-2-8(12-3-7)4-14-5-9(10(15)16)13-6-14/h1-3,5-6H,4H2,(H,15,16). The molecule has 0 bridgehead atoms. The summed E-state index contributed by atoms with van der Waals surface area (Å²) >= 11 is 3.29. The Bertz CT molecular complexity index is 507. The van der Waals surface area contributed by atoms with Crippen molar-refractivity contribution in [2.75, 3.05) is 0 Å². The minimum absolute atomic E-state index is 0.0390. The van der Waals surface area contributed by atoms with Crippen molar-refractivity contribution in [2.45, 2.75) is 6.54 Å². The zero-order valence-electron chi connectivity index (χ0n) is 8.17. The van der Waals surface area contributed by atoms with Crippen molar-refractivity contribution in [3.8, 4) is 0 Å². The van der Waals surface area contributed by atoms with Crippen LogP contribution in [0.25, 0.3) is 0 Å². The van der Waals surface area contributed by atoms with Gasteiger partial charge in [0.05, 0.1) is 18.6 Å². The Hall–Kier alpha value is -1.69. The van der Waals surface area contributed by atoms with Gasteiger partial charge in [-0.3, -0.25) is 4.98 Å². The summed E-state index contributed by atoms with van der Waals surface area (Å²) in [6.07, 6.45) is 4.66. The molecular formula is C10H8BrN3O2. The maximum atomic E-state index is 10.6. The normalized spacial score (nSPS) is 10.3. The molecule has 82 valence electrons. The average molecular weight is 282 g/mol. The molecule has 0 aromatic carbocycles. The molecule has 16 heavy (non-hydrogen) atoms. The molecule has 0 fully saturated rings. The van der Waals surface area contributed by atoms with Crippen LogP contribution >= 0.6 is 15.9 Å². The minimum Gasteiger partial charge on any atom is -0.476 e. The second-order valence-corrected chi connectivity index (χ2v) is 4.12. The van der Waals surface area contributed by atoms with E-state index in [1.54, 1.807) is 10.8 Å². The number of hydrogen-bond acceptors (Lipinski definition) is 3. The lowest BCUT2D eigenvalue weighted by molar-refractivity contribution is 0.0691. The summed E-state index contributed by atoms with van der Waals surface area (Å²) < 4.78 is 2.59. The van der Waals surface area contributed by atoms with E-state index in [9.17, 15) is 4.79 Å². The van der Waals surface area contributed by atoms with Crippen molar-refractivity contribution in [3.05, 3.63) is 46.7 Å². The first kappa shape index (κ1) is 10.8. The molecule has 5 nitrogen and oxygen atoms in total. The number of imidazole rings is 1. The third-order valence-corrected chi connectivity index (χ3v) is 2.45. The maximum Gasteiger partial charge on any atom is 0.356 e. The molecule has 0 saturated carbocycles. The van der Waals surface area contributed by atoms with Crippen LogP contribution in [-0.4, -0.2) is 25.6 Å². The van der Waals surface area contributed by atoms with E-state index < -0.39 is 5.97 Å². The summed E-state index contributed by atoms with van der Waals surface area (Å²) in [5, 5.41) is 8.70. The highest BCUT2D eigenvalue weighted by atomic mass is 79.9. The third-order valence-electron chi connectivity index (χ3n) is 1.99. The number of carboxylic acids is 1. The lowest BCUT2D eigenvalue weighted by atomic mass is 10.3. The van der Waals surface area contributed by atoms with Gasteiger partial charge in [0.25, 0.3) is 0 Å². The number of halogens is 1. The molecular weight excluding hydrogens is 274 g/mol. The van der Waals surface area contributed by atoms with E-state index in [2.05, 4.69) is 25.9 Å². The van der Waals surface area contributed by atoms with Gasteiger partial charge in [-0.15, -0.1) is 0 Å². The van der Waals surface area contributed by atoms with E-state index in [1.165, 1.54) is 12.5 Å². The number of aromatic nitrogens is 3. The van der Waals surface area contributed by atoms with Gasteiger partial charge in [0.15, 0.2) is 5.69 Å². The molecule has 2 aromatic rings. The Morgan fingerprint density at radius 2 is 2.25 bits per heavy atom. The fraction of sp³-hybridized carbons (Fsp3) is 0.100. The fourth-order valence-electron chi connectivity index (χ4n) is 1.24. The van der Waals surface area contributed by atoms with E-state index in [1.807, 2.05) is 12.1 Å². The molecule has 0 saturated heterocycles. The molecule has 0 aliphatic rings. The van der Waals surface area contributed by atoms with E-state index in [4.69, 9.17) is 5.11 Å². The molecule has 0 atom stereocenters. The number of hydrogen-bond donors (Lipinski definition) is 1. The average Bonchev–Trinajstić information content (AvgIpc) is 2.70. The predicted molar refractivity (Wildman–Crippen MR) is 60.2 cm³/mol. The molecule has 0 amide bonds. The molecule has 1 N–H and O–H groups in total. The van der Waals surface area contributed by atoms with E-state index in [0.29, 0.717) is 6.54 Å². The Kier molecular flexibility index (Phi) is 3.00. The highest BCUT2D eigenvalue weighted by Gasteiger charge is 2.06. The van der Waals surface area contributed by atoms with Gasteiger partial charge in [-0.05, 0) is 28.1 Å². The monoisotopic (exact) mass is 281 g/mol. The van der Waals surface area contributed by atoms with Crippen LogP contribution in [0.15, 0.2) is 35.3 Å². The molecule has 2 heterocycles. The molecule has 0 unspecified atom stereocenters. The number of nitrogens with zero attached hydrogens (tertiary/aromatic N) is 3. The summed E-state index contributed by atoms with van der Waals surface area (Å²) in [6.45, 7) is 0.507. The van der Waals surface area contributed by atoms with Crippen LogP contribution in [0.2, 0.25) is 0 Å². The molecule has 0 radical (unpaired) electrons. The van der Waals surface area contributed by atoms with E-state index in [-0.39, 0.29) is 5.69 Å². The van der Waals surface area contributed by atoms with Gasteiger partial charge in [0, 0.05) is 16.9 Å². The number of rotatable bonds is 3. The third kappa shape index (κ3) is 2.46. The lowest BCUT2D eigenvalue weighted by Crippen LogP contribution is -1.99. The molecule has 0 aliphatic heterocycles. The highest BCUT2D eigenvalue weighted by molar-refractivity contribution is 9.10. The van der Waals surface area contributed by atoms with Crippen molar-refractivity contribution < 1.29 is 9.90 Å². The van der Waals surface area contributed by atoms with Crippen LogP contribution in [0.4, 0.5) is 0 Å². The fourth-order valence-corrected chi connectivity index (χ4v) is 1.48. The Morgan fingerprint density at radius 3 is 2.81 bits per heavy atom. The molecule has 2 rings (SSSR count). The topological polar surface area (TPSA) is 68.0 Å². The largest absolute Gasteiger partial charge is 0.476 e. The summed E-state index contributed by atoms with van der Waals surface area (Å²) in [5.74, 6) is -1.03. The lowest BCUT2D eigenvalue weighted by Gasteiger charge is -2.00. The quantitative estimate of drug-likeness (QED) is 0.931. The van der Waals surface area contributed by atoms with Gasteiger partial charge in [-0.25, -0.2) is 9.78 Å². The van der Waals surface area contributed by atoms with Gasteiger partial charge < -0.3 is 9.67 Å². The predicted octanol–water partition coefficient (Wildman–Crippen LogP) is 1.79. The van der Waals surface area contributed by atoms with Gasteiger partial charge in [0.2, 0.25) is 0 Å². The smallest absolute Gasteiger partial charge is 0.356 e. The van der Waals surface area contributed by atoms with Crippen LogP contribution in [0.3, 0.4) is 0 Å². The van der Waals surface area contributed by atoms with Crippen molar-refractivity contribution in [1.29, 1.82) is 0 Å². The number of aromatic carboxylic acids is 1. The van der Waals surface area contributed by atoms with Gasteiger partial charge in [0.1, 0.15) is 0 Å². The van der Waals surface area contributed by atoms with Gasteiger partial charge in [-0.1, -0.05) is 0 Å². The van der Waals surface area contributed by atoms with E-state index >= 15 is 0 Å². The molecule has 0 aliphatic carbocycles. The van der Waals surface area contributed by atoms with Crippen LogP contribution in [-0.2, 0) is 6.54 Å². The summed E-state index contributed by atoms with van der Waals surface area (Å²) in [5.41, 5.74) is 0.884. The van der Waals surface area contributed by atoms with Crippen LogP contribution < -0.4 is 0 Å². The van der Waals surface area contributed by atoms with Gasteiger partial charge in [-0.2, -0.15) is 0 Å². The second-order valence-electron chi connectivity index (χ2n) is 3.20. The Labute approximate surface area is 99.9 Å². The first-order valence-electron chi connectivity index (χ1n) is 4.50. The van der Waals surface area contributed by atoms with Gasteiger partial charge >= 0.3 is 5.97 Å². The maximum absolute atomic E-state index is 10.6. The Balaban J connectivity index is 2.14. The molecule has 0 spiro atoms. The number of carbonyl (C=O) groups is 1. The Morgan fingerprint density at radius 1 is 1.44 bits per heavy atom. The SMILES string of the molecule is O=C(O)c1cn(Cc2ccc(Br)cn2)cn1. The first-order chi connectivity index (χ1) is 7.65. The zero-order chi connectivity index (χ0) is 11.5. The van der Waals surface area contributed by atoms with Crippen molar-refractivity contribution in [3.63, 3.8) is 0 Å². The summed E-state index contributed by atoms with van der Waals surface area (Å²) in [4.78, 5) is 18.6. The molecule has 6 heteroatoms. The van der Waals surface area contributed by atoms with Crippen LogP contribution in [0.5, 0.6) is 0 Å². The minimum atomic E-state index is -1.03. The molecule has 2 aromatic heterocycles. The van der Waals surface area contributed by atoms with Crippen LogP contribution in [0, 0.1) is 0 Å². The summed E-state index contributed by atoms with van der Waals surface area (Å²) in [7, 11) is 0. The number of pyridine rings is 1. The highest BCUT2D eigenvalue weighted by Crippen LogP contribution is 2.08. The van der Waals surface area contributed by atoms with Crippen LogP contribution in [0.1, 0.15) is 16.2 Å². The second kappa shape index (κ2) is 4.44. The number of carboxylic acid groups (broad SMARTS) is 1. The van der Waals surface area contributed by atoms with E-state index in [0.717, 1.165) is 10.2 Å². The van der Waals surface area contributed by atoms with Crippen molar-refractivity contribution in [2.24, 2.45) is 0 Å². The first-order valence-corrected chi connectivity index (χ1v) is 5.30. The van der Waals surface area contributed by atoms with Crippen molar-refractivity contribution >= 4 is 21.9 Å². The summed E-state index contributed by atoms with van der Waals surface area (Å²) in [6, 6.07) is 3.75. The zero-order valence-corrected chi connectivity index (χ0v) is 9.75. The van der Waals surface area contributed by atoms with Crippen molar-refractivity contribution in [1.82, 2.24) is 14.5 Å².